The summed E-state index contributed by atoms with van der Waals surface area (Å²) in [6.45, 7) is 4.90. The van der Waals surface area contributed by atoms with Crippen LogP contribution in [0.15, 0.2) is 12.7 Å². The van der Waals surface area contributed by atoms with Crippen molar-refractivity contribution in [3.63, 3.8) is 0 Å². The summed E-state index contributed by atoms with van der Waals surface area (Å²) in [6.07, 6.45) is 2.05. The Kier molecular flexibility index (Phi) is 25.4. The SMILES string of the molecule is C=CC(N)=O.CCCC(C(=O)O)C(=O)OC.[H-].[H-].[Na+].[Na+]. The number of hydrogen-bond acceptors (Lipinski definition) is 4. The van der Waals surface area contributed by atoms with E-state index in [0.29, 0.717) is 12.8 Å². The van der Waals surface area contributed by atoms with Crippen LogP contribution in [0.1, 0.15) is 22.6 Å². The van der Waals surface area contributed by atoms with Crippen LogP contribution in [0.3, 0.4) is 0 Å². The van der Waals surface area contributed by atoms with Crippen molar-refractivity contribution in [1.82, 2.24) is 0 Å². The molecule has 8 heteroatoms. The van der Waals surface area contributed by atoms with Crippen LogP contribution < -0.4 is 64.8 Å². The fourth-order valence-electron chi connectivity index (χ4n) is 0.773. The van der Waals surface area contributed by atoms with E-state index in [1.165, 1.54) is 7.11 Å². The number of primary amides is 1. The zero-order valence-electron chi connectivity index (χ0n) is 13.4. The van der Waals surface area contributed by atoms with Gasteiger partial charge in [0.25, 0.3) is 0 Å². The fraction of sp³-hybridized carbons (Fsp3) is 0.500. The van der Waals surface area contributed by atoms with E-state index in [1.54, 1.807) is 0 Å². The minimum Gasteiger partial charge on any atom is -1.00 e. The summed E-state index contributed by atoms with van der Waals surface area (Å²) < 4.78 is 4.31. The maximum Gasteiger partial charge on any atom is 1.00 e. The molecule has 0 heterocycles. The summed E-state index contributed by atoms with van der Waals surface area (Å²) in [5, 5.41) is 8.51. The van der Waals surface area contributed by atoms with Crippen LogP contribution in [0.2, 0.25) is 0 Å². The molecule has 3 N–H and O–H groups in total. The second kappa shape index (κ2) is 17.2. The first-order valence-electron chi connectivity index (χ1n) is 4.63. The normalized spacial score (nSPS) is 9.22. The third-order valence-electron chi connectivity index (χ3n) is 1.56. The van der Waals surface area contributed by atoms with Gasteiger partial charge in [0, 0.05) is 0 Å². The maximum atomic E-state index is 10.7. The van der Waals surface area contributed by atoms with Gasteiger partial charge in [-0.15, -0.1) is 0 Å². The van der Waals surface area contributed by atoms with E-state index in [9.17, 15) is 14.4 Å². The van der Waals surface area contributed by atoms with E-state index in [4.69, 9.17) is 5.11 Å². The molecule has 0 aliphatic rings. The first-order chi connectivity index (χ1) is 7.40. The van der Waals surface area contributed by atoms with Gasteiger partial charge in [0.1, 0.15) is 0 Å². The number of carbonyl (C=O) groups is 3. The summed E-state index contributed by atoms with van der Waals surface area (Å²) in [7, 11) is 1.19. The number of hydrogen-bond donors (Lipinski definition) is 2. The maximum absolute atomic E-state index is 10.7. The van der Waals surface area contributed by atoms with Crippen molar-refractivity contribution < 1.29 is 86.2 Å². The molecule has 0 rings (SSSR count). The molecule has 0 radical (unpaired) electrons. The third kappa shape index (κ3) is 16.1. The molecule has 0 aliphatic carbocycles. The summed E-state index contributed by atoms with van der Waals surface area (Å²) in [6, 6.07) is 0. The van der Waals surface area contributed by atoms with E-state index >= 15 is 0 Å². The fourth-order valence-corrected chi connectivity index (χ4v) is 0.773. The summed E-state index contributed by atoms with van der Waals surface area (Å²) >= 11 is 0. The number of carbonyl (C=O) groups excluding carboxylic acids is 2. The van der Waals surface area contributed by atoms with Crippen LogP contribution in [0.25, 0.3) is 0 Å². The smallest absolute Gasteiger partial charge is 1.00 e. The Labute approximate surface area is 154 Å². The van der Waals surface area contributed by atoms with E-state index in [1.807, 2.05) is 6.92 Å². The number of carboxylic acids is 1. The van der Waals surface area contributed by atoms with Crippen molar-refractivity contribution in [1.29, 1.82) is 0 Å². The number of ether oxygens (including phenoxy) is 1. The molecule has 0 saturated carbocycles. The van der Waals surface area contributed by atoms with Crippen molar-refractivity contribution in [3.05, 3.63) is 12.7 Å². The standard InChI is InChI=1S/C7H12O4.C3H5NO.2Na.2H/c1-3-4-5(6(8)9)7(10)11-2;1-2-3(4)5;;;;/h5H,3-4H2,1-2H3,(H,8,9);2H,1H2,(H2,4,5);;;;/q;;2*+1;2*-1. The van der Waals surface area contributed by atoms with Crippen LogP contribution in [0.4, 0.5) is 0 Å². The van der Waals surface area contributed by atoms with Crippen LogP contribution >= 0.6 is 0 Å². The zero-order valence-corrected chi connectivity index (χ0v) is 15.4. The van der Waals surface area contributed by atoms with E-state index in [2.05, 4.69) is 17.0 Å². The molecule has 0 fully saturated rings. The van der Waals surface area contributed by atoms with Gasteiger partial charge >= 0.3 is 71.1 Å². The number of carboxylic acid groups (broad SMARTS) is 1. The van der Waals surface area contributed by atoms with E-state index < -0.39 is 23.8 Å². The van der Waals surface area contributed by atoms with Gasteiger partial charge in [0.2, 0.25) is 5.91 Å². The van der Waals surface area contributed by atoms with Crippen LogP contribution in [0.5, 0.6) is 0 Å². The molecule has 0 saturated heterocycles. The molecule has 1 amide bonds. The van der Waals surface area contributed by atoms with Crippen LogP contribution in [-0.4, -0.2) is 30.1 Å². The van der Waals surface area contributed by atoms with Crippen molar-refractivity contribution in [3.8, 4) is 0 Å². The Morgan fingerprint density at radius 2 is 1.83 bits per heavy atom. The number of rotatable bonds is 5. The second-order valence-corrected chi connectivity index (χ2v) is 2.81. The third-order valence-corrected chi connectivity index (χ3v) is 1.56. The predicted octanol–water partition coefficient (Wildman–Crippen LogP) is -5.45. The molecular weight excluding hydrogens is 260 g/mol. The average molecular weight is 279 g/mol. The number of amides is 1. The van der Waals surface area contributed by atoms with E-state index in [-0.39, 0.29) is 62.0 Å². The summed E-state index contributed by atoms with van der Waals surface area (Å²) in [5.41, 5.74) is 4.53. The Morgan fingerprint density at radius 1 is 1.44 bits per heavy atom. The summed E-state index contributed by atoms with van der Waals surface area (Å²) in [4.78, 5) is 30.6. The van der Waals surface area contributed by atoms with Gasteiger partial charge in [-0.3, -0.25) is 14.4 Å². The topological polar surface area (TPSA) is 107 Å². The molecule has 0 aromatic rings. The minimum atomic E-state index is -1.11. The molecule has 0 aromatic carbocycles. The van der Waals surface area contributed by atoms with Gasteiger partial charge in [-0.1, -0.05) is 19.9 Å². The van der Waals surface area contributed by atoms with Crippen molar-refractivity contribution in [2.24, 2.45) is 11.7 Å². The molecule has 6 nitrogen and oxygen atoms in total. The first kappa shape index (κ1) is 26.7. The molecule has 1 atom stereocenters. The van der Waals surface area contributed by atoms with Crippen molar-refractivity contribution in [2.75, 3.05) is 7.11 Å². The van der Waals surface area contributed by atoms with Gasteiger partial charge in [0.05, 0.1) is 7.11 Å². The van der Waals surface area contributed by atoms with Crippen LogP contribution in [-0.2, 0) is 19.1 Å². The average Bonchev–Trinajstić information content (AvgIpc) is 2.25. The number of aliphatic carboxylic acids is 1. The molecule has 0 spiro atoms. The van der Waals surface area contributed by atoms with Gasteiger partial charge in [-0.25, -0.2) is 0 Å². The molecule has 18 heavy (non-hydrogen) atoms. The minimum absolute atomic E-state index is 0. The second-order valence-electron chi connectivity index (χ2n) is 2.81. The number of methoxy groups -OCH3 is 1. The van der Waals surface area contributed by atoms with Gasteiger partial charge in [-0.2, -0.15) is 0 Å². The largest absolute Gasteiger partial charge is 1.00 e. The molecule has 1 unspecified atom stereocenters. The molecule has 0 aromatic heterocycles. The first-order valence-corrected chi connectivity index (χ1v) is 4.63. The van der Waals surface area contributed by atoms with Gasteiger partial charge in [0.15, 0.2) is 5.92 Å². The Bertz CT molecular complexity index is 280. The summed E-state index contributed by atoms with van der Waals surface area (Å²) in [5.74, 6) is -3.26. The molecule has 96 valence electrons. The Balaban J connectivity index is -0.0000000482. The van der Waals surface area contributed by atoms with Gasteiger partial charge in [-0.05, 0) is 12.5 Å². The monoisotopic (exact) mass is 279 g/mol. The number of esters is 1. The molecule has 0 bridgehead atoms. The quantitative estimate of drug-likeness (QED) is 0.226. The van der Waals surface area contributed by atoms with Crippen molar-refractivity contribution in [2.45, 2.75) is 19.8 Å². The van der Waals surface area contributed by atoms with Gasteiger partial charge < -0.3 is 18.4 Å². The Morgan fingerprint density at radius 3 is 2.00 bits per heavy atom. The van der Waals surface area contributed by atoms with Crippen molar-refractivity contribution >= 4 is 17.8 Å². The molecule has 0 aliphatic heterocycles. The van der Waals surface area contributed by atoms with Crippen LogP contribution in [0, 0.1) is 5.92 Å². The van der Waals surface area contributed by atoms with E-state index in [0.717, 1.165) is 6.08 Å². The number of nitrogens with two attached hydrogens (primary N) is 1. The zero-order chi connectivity index (χ0) is 13.1. The molecular formula is C10H19NNa2O5. The predicted molar refractivity (Wildman–Crippen MR) is 59.7 cm³/mol. The Hall–Kier alpha value is 0.150.